The first kappa shape index (κ1) is 31.4. The van der Waals surface area contributed by atoms with Crippen molar-refractivity contribution in [3.63, 3.8) is 0 Å². The number of carbonyl (C=O) groups is 3. The second-order valence-electron chi connectivity index (χ2n) is 11.7. The fourth-order valence-electron chi connectivity index (χ4n) is 5.24. The molecule has 0 bridgehead atoms. The number of rotatable bonds is 9. The van der Waals surface area contributed by atoms with Crippen LogP contribution in [0.1, 0.15) is 65.4 Å². The number of esters is 1. The molecular formula is C27H41N7O8. The number of nitrogens with two attached hydrogens (primary N) is 1. The van der Waals surface area contributed by atoms with Crippen molar-refractivity contribution in [3.8, 4) is 0 Å². The van der Waals surface area contributed by atoms with Crippen molar-refractivity contribution in [1.29, 1.82) is 0 Å². The summed E-state index contributed by atoms with van der Waals surface area (Å²) in [7, 11) is 0. The molecule has 0 aromatic carbocycles. The van der Waals surface area contributed by atoms with Crippen molar-refractivity contribution in [2.24, 2.45) is 11.8 Å². The predicted molar refractivity (Wildman–Crippen MR) is 149 cm³/mol. The summed E-state index contributed by atoms with van der Waals surface area (Å²) in [6.07, 6.45) is -0.979. The van der Waals surface area contributed by atoms with Crippen molar-refractivity contribution in [1.82, 2.24) is 30.2 Å². The van der Waals surface area contributed by atoms with E-state index >= 15 is 0 Å². The van der Waals surface area contributed by atoms with E-state index in [2.05, 4.69) is 25.6 Å². The summed E-state index contributed by atoms with van der Waals surface area (Å²) in [5, 5.41) is 26.2. The Balaban J connectivity index is 1.31. The Hall–Kier alpha value is -3.56. The van der Waals surface area contributed by atoms with Crippen LogP contribution in [0.25, 0.3) is 11.2 Å². The number of hydrogen-bond acceptors (Lipinski definition) is 12. The van der Waals surface area contributed by atoms with Crippen LogP contribution >= 0.6 is 0 Å². The molecule has 1 aliphatic heterocycles. The molecule has 2 aromatic heterocycles. The lowest BCUT2D eigenvalue weighted by Crippen LogP contribution is -2.42. The quantitative estimate of drug-likeness (QED) is 0.200. The van der Waals surface area contributed by atoms with E-state index in [0.29, 0.717) is 42.8 Å². The molecule has 2 unspecified atom stereocenters. The van der Waals surface area contributed by atoms with Crippen LogP contribution in [-0.4, -0.2) is 91.3 Å². The lowest BCUT2D eigenvalue weighted by molar-refractivity contribution is -0.149. The summed E-state index contributed by atoms with van der Waals surface area (Å²) in [5.74, 6) is -0.166. The van der Waals surface area contributed by atoms with Gasteiger partial charge in [0.15, 0.2) is 23.8 Å². The van der Waals surface area contributed by atoms with Crippen LogP contribution in [0, 0.1) is 11.8 Å². The Kier molecular flexibility index (Phi) is 9.84. The largest absolute Gasteiger partial charge is 0.464 e. The summed E-state index contributed by atoms with van der Waals surface area (Å²) < 4.78 is 17.7. The third-order valence-corrected chi connectivity index (χ3v) is 7.28. The normalized spacial score (nSPS) is 26.1. The van der Waals surface area contributed by atoms with E-state index in [1.54, 1.807) is 27.7 Å². The van der Waals surface area contributed by atoms with E-state index in [1.165, 1.54) is 10.9 Å². The monoisotopic (exact) mass is 591 g/mol. The number of nitrogens with one attached hydrogen (secondary N) is 2. The van der Waals surface area contributed by atoms with E-state index in [4.69, 9.17) is 19.9 Å². The lowest BCUT2D eigenvalue weighted by atomic mass is 9.80. The Morgan fingerprint density at radius 1 is 1.12 bits per heavy atom. The van der Waals surface area contributed by atoms with Gasteiger partial charge in [0.05, 0.1) is 18.8 Å². The van der Waals surface area contributed by atoms with E-state index in [9.17, 15) is 24.6 Å². The molecule has 1 saturated carbocycles. The van der Waals surface area contributed by atoms with Gasteiger partial charge in [-0.3, -0.25) is 14.2 Å². The molecule has 4 atom stereocenters. The molecule has 15 heteroatoms. The summed E-state index contributed by atoms with van der Waals surface area (Å²) in [6.45, 7) is 7.64. The zero-order valence-corrected chi connectivity index (χ0v) is 24.4. The SMILES string of the molecule is CCNC(=O)[C@H]1O[C@@H](n2cnc3c(N)nc(CC4CCC(C(=O)OCCNC(=O)OC(C)(C)C)CC4)nc32)C(O)C1O. The Morgan fingerprint density at radius 3 is 2.50 bits per heavy atom. The third kappa shape index (κ3) is 7.44. The second-order valence-corrected chi connectivity index (χ2v) is 11.7. The van der Waals surface area contributed by atoms with Crippen LogP contribution in [-0.2, 0) is 30.2 Å². The van der Waals surface area contributed by atoms with Gasteiger partial charge in [0.1, 0.15) is 35.8 Å². The minimum atomic E-state index is -1.43. The number of carbonyl (C=O) groups excluding carboxylic acids is 3. The number of aliphatic hydroxyl groups is 2. The summed E-state index contributed by atoms with van der Waals surface area (Å²) >= 11 is 0. The molecule has 4 rings (SSSR count). The van der Waals surface area contributed by atoms with Crippen molar-refractivity contribution >= 4 is 35.0 Å². The number of hydrogen-bond donors (Lipinski definition) is 5. The van der Waals surface area contributed by atoms with Gasteiger partial charge in [0.2, 0.25) is 0 Å². The number of nitrogens with zero attached hydrogens (tertiary/aromatic N) is 4. The maximum absolute atomic E-state index is 12.5. The predicted octanol–water partition coefficient (Wildman–Crippen LogP) is 0.581. The van der Waals surface area contributed by atoms with Gasteiger partial charge in [-0.25, -0.2) is 19.7 Å². The average Bonchev–Trinajstić information content (AvgIpc) is 3.47. The Morgan fingerprint density at radius 2 is 1.83 bits per heavy atom. The number of ether oxygens (including phenoxy) is 3. The van der Waals surface area contributed by atoms with Crippen LogP contribution in [0.15, 0.2) is 6.33 Å². The van der Waals surface area contributed by atoms with Crippen molar-refractivity contribution < 1.29 is 38.8 Å². The molecular weight excluding hydrogens is 550 g/mol. The Bertz CT molecular complexity index is 1270. The van der Waals surface area contributed by atoms with Crippen LogP contribution < -0.4 is 16.4 Å². The van der Waals surface area contributed by atoms with E-state index in [0.717, 1.165) is 12.8 Å². The number of nitrogen functional groups attached to an aromatic ring is 1. The van der Waals surface area contributed by atoms with Crippen LogP contribution in [0.5, 0.6) is 0 Å². The molecule has 2 aromatic rings. The first-order chi connectivity index (χ1) is 19.9. The average molecular weight is 592 g/mol. The summed E-state index contributed by atoms with van der Waals surface area (Å²) in [4.78, 5) is 49.8. The second kappa shape index (κ2) is 13.2. The molecule has 2 aliphatic rings. The smallest absolute Gasteiger partial charge is 0.407 e. The first-order valence-corrected chi connectivity index (χ1v) is 14.3. The highest BCUT2D eigenvalue weighted by Gasteiger charge is 2.47. The molecule has 42 heavy (non-hydrogen) atoms. The van der Waals surface area contributed by atoms with Gasteiger partial charge >= 0.3 is 12.1 Å². The van der Waals surface area contributed by atoms with Gasteiger partial charge in [-0.2, -0.15) is 0 Å². The third-order valence-electron chi connectivity index (χ3n) is 7.28. The molecule has 1 aliphatic carbocycles. The van der Waals surface area contributed by atoms with Crippen molar-refractivity contribution in [2.45, 2.75) is 89.9 Å². The van der Waals surface area contributed by atoms with Crippen molar-refractivity contribution in [2.75, 3.05) is 25.4 Å². The maximum Gasteiger partial charge on any atom is 0.407 e. The topological polar surface area (TPSA) is 213 Å². The minimum absolute atomic E-state index is 0.0687. The zero-order valence-electron chi connectivity index (χ0n) is 24.4. The highest BCUT2D eigenvalue weighted by Crippen LogP contribution is 2.34. The minimum Gasteiger partial charge on any atom is -0.464 e. The van der Waals surface area contributed by atoms with Gasteiger partial charge in [0.25, 0.3) is 5.91 Å². The molecule has 2 amide bonds. The van der Waals surface area contributed by atoms with Gasteiger partial charge < -0.3 is 40.8 Å². The van der Waals surface area contributed by atoms with Gasteiger partial charge in [-0.1, -0.05) is 0 Å². The molecule has 6 N–H and O–H groups in total. The zero-order chi connectivity index (χ0) is 30.6. The number of amides is 2. The molecule has 1 saturated heterocycles. The molecule has 15 nitrogen and oxygen atoms in total. The Labute approximate surface area is 243 Å². The highest BCUT2D eigenvalue weighted by molar-refractivity contribution is 5.83. The molecule has 232 valence electrons. The van der Waals surface area contributed by atoms with E-state index in [1.807, 2.05) is 0 Å². The van der Waals surface area contributed by atoms with Gasteiger partial charge in [0, 0.05) is 13.0 Å². The van der Waals surface area contributed by atoms with E-state index < -0.39 is 42.1 Å². The molecule has 0 spiro atoms. The number of likely N-dealkylation sites (N-methyl/N-ethyl adjacent to an activating group) is 1. The van der Waals surface area contributed by atoms with Gasteiger partial charge in [-0.05, 0) is 59.3 Å². The summed E-state index contributed by atoms with van der Waals surface area (Å²) in [5.41, 5.74) is 6.22. The van der Waals surface area contributed by atoms with E-state index in [-0.39, 0.29) is 36.8 Å². The number of aromatic nitrogens is 4. The number of imidazole rings is 1. The molecule has 2 fully saturated rings. The fraction of sp³-hybridized carbons (Fsp3) is 0.704. The molecule has 0 radical (unpaired) electrons. The maximum atomic E-state index is 12.5. The number of fused-ring (bicyclic) bond motifs is 1. The van der Waals surface area contributed by atoms with Crippen LogP contribution in [0.2, 0.25) is 0 Å². The number of aliphatic hydroxyl groups excluding tert-OH is 2. The van der Waals surface area contributed by atoms with Crippen LogP contribution in [0.4, 0.5) is 10.6 Å². The van der Waals surface area contributed by atoms with Crippen LogP contribution in [0.3, 0.4) is 0 Å². The summed E-state index contributed by atoms with van der Waals surface area (Å²) in [6, 6.07) is 0. The number of anilines is 1. The lowest BCUT2D eigenvalue weighted by Gasteiger charge is -2.27. The highest BCUT2D eigenvalue weighted by atomic mass is 16.6. The number of alkyl carbamates (subject to hydrolysis) is 1. The molecule has 3 heterocycles. The van der Waals surface area contributed by atoms with Crippen molar-refractivity contribution in [3.05, 3.63) is 12.2 Å². The standard InChI is InChI=1S/C27H41N7O8/c1-5-29-23(37)20-18(35)19(36)24(41-20)34-13-31-17-21(28)32-16(33-22(17)34)12-14-6-8-15(9-7-14)25(38)40-11-10-30-26(39)42-27(2,3)4/h13-15,18-20,24,35-36H,5-12H2,1-4H3,(H,29,37)(H,30,39)(H2,28,32,33)/t14?,15?,18?,19?,20-,24+/m0/s1. The fourth-order valence-corrected chi connectivity index (χ4v) is 5.24. The van der Waals surface area contributed by atoms with Gasteiger partial charge in [-0.15, -0.1) is 0 Å². The first-order valence-electron chi connectivity index (χ1n) is 14.3.